The van der Waals surface area contributed by atoms with Crippen LogP contribution in [0.2, 0.25) is 0 Å². The van der Waals surface area contributed by atoms with Crippen LogP contribution < -0.4 is 0 Å². The maximum Gasteiger partial charge on any atom is 0.254 e. The van der Waals surface area contributed by atoms with Crippen molar-refractivity contribution in [2.45, 2.75) is 26.4 Å². The van der Waals surface area contributed by atoms with Crippen LogP contribution in [-0.2, 0) is 6.54 Å². The first kappa shape index (κ1) is 15.3. The van der Waals surface area contributed by atoms with E-state index in [9.17, 15) is 9.90 Å². The summed E-state index contributed by atoms with van der Waals surface area (Å²) in [5, 5.41) is 11.8. The quantitative estimate of drug-likeness (QED) is 0.784. The molecular formula is C15H16INO2S. The zero-order valence-corrected chi connectivity index (χ0v) is 14.3. The number of hydrogen-bond donors (Lipinski definition) is 1. The Morgan fingerprint density at radius 1 is 1.40 bits per heavy atom. The fraction of sp³-hybridized carbons (Fsp3) is 0.267. The molecule has 0 fully saturated rings. The van der Waals surface area contributed by atoms with Crippen molar-refractivity contribution in [3.05, 3.63) is 49.7 Å². The van der Waals surface area contributed by atoms with Crippen LogP contribution in [0.15, 0.2) is 35.7 Å². The molecular weight excluding hydrogens is 385 g/mol. The van der Waals surface area contributed by atoms with Gasteiger partial charge in [-0.15, -0.1) is 11.3 Å². The Kier molecular flexibility index (Phi) is 5.04. The topological polar surface area (TPSA) is 40.5 Å². The summed E-state index contributed by atoms with van der Waals surface area (Å²) in [4.78, 5) is 15.6. The van der Waals surface area contributed by atoms with Crippen molar-refractivity contribution in [3.8, 4) is 5.75 Å². The van der Waals surface area contributed by atoms with Crippen molar-refractivity contribution in [3.63, 3.8) is 0 Å². The lowest BCUT2D eigenvalue weighted by Gasteiger charge is -2.26. The van der Waals surface area contributed by atoms with Crippen LogP contribution in [0.25, 0.3) is 0 Å². The van der Waals surface area contributed by atoms with E-state index in [0.717, 1.165) is 8.45 Å². The lowest BCUT2D eigenvalue weighted by Crippen LogP contribution is -2.36. The smallest absolute Gasteiger partial charge is 0.254 e. The maximum atomic E-state index is 12.6. The van der Waals surface area contributed by atoms with Gasteiger partial charge in [-0.2, -0.15) is 0 Å². The van der Waals surface area contributed by atoms with Gasteiger partial charge < -0.3 is 10.0 Å². The van der Waals surface area contributed by atoms with Gasteiger partial charge in [0.05, 0.1) is 10.1 Å². The summed E-state index contributed by atoms with van der Waals surface area (Å²) >= 11 is 3.68. The van der Waals surface area contributed by atoms with Gasteiger partial charge in [0.15, 0.2) is 0 Å². The molecule has 2 aromatic rings. The molecule has 1 heterocycles. The molecule has 0 bridgehead atoms. The summed E-state index contributed by atoms with van der Waals surface area (Å²) in [5.74, 6) is 0.0939. The van der Waals surface area contributed by atoms with Crippen LogP contribution in [0.5, 0.6) is 5.75 Å². The number of rotatable bonds is 4. The summed E-state index contributed by atoms with van der Waals surface area (Å²) in [6.45, 7) is 4.59. The van der Waals surface area contributed by atoms with Crippen LogP contribution in [0.3, 0.4) is 0 Å². The second kappa shape index (κ2) is 6.58. The number of phenols is 1. The van der Waals surface area contributed by atoms with Gasteiger partial charge in [0.1, 0.15) is 5.75 Å². The molecule has 1 N–H and O–H groups in total. The van der Waals surface area contributed by atoms with E-state index in [2.05, 4.69) is 0 Å². The lowest BCUT2D eigenvalue weighted by atomic mass is 10.1. The van der Waals surface area contributed by atoms with E-state index in [1.54, 1.807) is 23.5 Å². The van der Waals surface area contributed by atoms with Crippen molar-refractivity contribution in [1.82, 2.24) is 4.90 Å². The van der Waals surface area contributed by atoms with Crippen molar-refractivity contribution in [1.29, 1.82) is 0 Å². The number of amides is 1. The van der Waals surface area contributed by atoms with Crippen LogP contribution in [0.4, 0.5) is 0 Å². The minimum absolute atomic E-state index is 0.0555. The Morgan fingerprint density at radius 2 is 2.15 bits per heavy atom. The zero-order valence-electron chi connectivity index (χ0n) is 11.3. The molecule has 1 aromatic heterocycles. The van der Waals surface area contributed by atoms with E-state index in [1.165, 1.54) is 6.07 Å². The monoisotopic (exact) mass is 401 g/mol. The first-order valence-electron chi connectivity index (χ1n) is 6.31. The number of halogens is 1. The molecule has 0 unspecified atom stereocenters. The second-order valence-electron chi connectivity index (χ2n) is 4.77. The predicted molar refractivity (Wildman–Crippen MR) is 90.2 cm³/mol. The fourth-order valence-electron chi connectivity index (χ4n) is 1.87. The summed E-state index contributed by atoms with van der Waals surface area (Å²) in [5.41, 5.74) is 0.521. The number of thiophene rings is 1. The van der Waals surface area contributed by atoms with Crippen molar-refractivity contribution >= 4 is 39.8 Å². The largest absolute Gasteiger partial charge is 0.507 e. The highest BCUT2D eigenvalue weighted by Crippen LogP contribution is 2.23. The summed E-state index contributed by atoms with van der Waals surface area (Å²) in [6.07, 6.45) is 0. The molecule has 0 atom stereocenters. The molecule has 0 spiro atoms. The molecule has 0 radical (unpaired) electrons. The number of phenolic OH excluding ortho intramolecular Hbond substituents is 1. The Labute approximate surface area is 136 Å². The van der Waals surface area contributed by atoms with E-state index in [0.29, 0.717) is 12.1 Å². The van der Waals surface area contributed by atoms with Gasteiger partial charge in [0.2, 0.25) is 0 Å². The van der Waals surface area contributed by atoms with Crippen LogP contribution >= 0.6 is 33.9 Å². The molecule has 0 aliphatic heterocycles. The maximum absolute atomic E-state index is 12.6. The highest BCUT2D eigenvalue weighted by molar-refractivity contribution is 14.1. The predicted octanol–water partition coefficient (Wildman–Crippen LogP) is 4.11. The standard InChI is InChI=1S/C15H16INO2S/c1-10(2)17(9-12-4-3-7-20-12)15(19)11-5-6-13(16)14(18)8-11/h3-8,10,18H,9H2,1-2H3. The van der Waals surface area contributed by atoms with E-state index in [4.69, 9.17) is 0 Å². The normalized spacial score (nSPS) is 10.8. The van der Waals surface area contributed by atoms with Gasteiger partial charge in [-0.25, -0.2) is 0 Å². The van der Waals surface area contributed by atoms with Gasteiger partial charge >= 0.3 is 0 Å². The van der Waals surface area contributed by atoms with Crippen LogP contribution in [0.1, 0.15) is 29.1 Å². The van der Waals surface area contributed by atoms with Crippen LogP contribution in [-0.4, -0.2) is 22.0 Å². The Bertz CT molecular complexity index is 596. The van der Waals surface area contributed by atoms with E-state index < -0.39 is 0 Å². The van der Waals surface area contributed by atoms with Crippen molar-refractivity contribution in [2.75, 3.05) is 0 Å². The molecule has 106 valence electrons. The Hall–Kier alpha value is -1.08. The van der Waals surface area contributed by atoms with Crippen LogP contribution in [0, 0.1) is 3.57 Å². The third kappa shape index (κ3) is 3.52. The number of nitrogens with zero attached hydrogens (tertiary/aromatic N) is 1. The molecule has 3 nitrogen and oxygen atoms in total. The van der Waals surface area contributed by atoms with Gasteiger partial charge in [-0.3, -0.25) is 4.79 Å². The van der Waals surface area contributed by atoms with Gasteiger partial charge in [0.25, 0.3) is 5.91 Å². The Morgan fingerprint density at radius 3 is 2.70 bits per heavy atom. The average molecular weight is 401 g/mol. The summed E-state index contributed by atoms with van der Waals surface area (Å²) in [6, 6.07) is 9.17. The van der Waals surface area contributed by atoms with E-state index in [-0.39, 0.29) is 17.7 Å². The minimum atomic E-state index is -0.0555. The second-order valence-corrected chi connectivity index (χ2v) is 6.97. The lowest BCUT2D eigenvalue weighted by molar-refractivity contribution is 0.0692. The molecule has 5 heteroatoms. The van der Waals surface area contributed by atoms with E-state index in [1.807, 2.05) is 58.9 Å². The molecule has 0 aliphatic rings. The number of carbonyl (C=O) groups excluding carboxylic acids is 1. The number of carbonyl (C=O) groups is 1. The SMILES string of the molecule is CC(C)N(Cc1cccs1)C(=O)c1ccc(I)c(O)c1. The van der Waals surface area contributed by atoms with Crippen molar-refractivity contribution < 1.29 is 9.90 Å². The summed E-state index contributed by atoms with van der Waals surface area (Å²) in [7, 11) is 0. The average Bonchev–Trinajstić information content (AvgIpc) is 2.91. The fourth-order valence-corrected chi connectivity index (χ4v) is 2.91. The molecule has 1 amide bonds. The highest BCUT2D eigenvalue weighted by atomic mass is 127. The molecule has 0 saturated heterocycles. The molecule has 0 saturated carbocycles. The Balaban J connectivity index is 2.24. The number of benzene rings is 1. The zero-order chi connectivity index (χ0) is 14.7. The van der Waals surface area contributed by atoms with Gasteiger partial charge in [-0.05, 0) is 66.1 Å². The minimum Gasteiger partial charge on any atom is -0.507 e. The molecule has 1 aromatic carbocycles. The van der Waals surface area contributed by atoms with Gasteiger partial charge in [0, 0.05) is 16.5 Å². The highest BCUT2D eigenvalue weighted by Gasteiger charge is 2.20. The third-order valence-corrected chi connectivity index (χ3v) is 4.76. The molecule has 2 rings (SSSR count). The first-order valence-corrected chi connectivity index (χ1v) is 8.26. The third-order valence-electron chi connectivity index (χ3n) is 2.98. The number of hydrogen-bond acceptors (Lipinski definition) is 3. The van der Waals surface area contributed by atoms with Crippen molar-refractivity contribution in [2.24, 2.45) is 0 Å². The molecule has 20 heavy (non-hydrogen) atoms. The van der Waals surface area contributed by atoms with E-state index >= 15 is 0 Å². The first-order chi connectivity index (χ1) is 9.49. The molecule has 0 aliphatic carbocycles. The van der Waals surface area contributed by atoms with Gasteiger partial charge in [-0.1, -0.05) is 6.07 Å². The number of aromatic hydroxyl groups is 1. The summed E-state index contributed by atoms with van der Waals surface area (Å²) < 4.78 is 0.744.